The van der Waals surface area contributed by atoms with Crippen LogP contribution >= 0.6 is 27.7 Å². The van der Waals surface area contributed by atoms with E-state index in [1.807, 2.05) is 66.7 Å². The molecule has 0 radical (unpaired) electrons. The SMILES string of the molecule is O=C(CSc1nnc(-c2ccccc2Br)o1)N(Cc1ccccc1)Cc1ccco1. The van der Waals surface area contributed by atoms with Gasteiger partial charge in [0.05, 0.1) is 24.1 Å². The van der Waals surface area contributed by atoms with E-state index >= 15 is 0 Å². The number of benzene rings is 2. The number of thioether (sulfide) groups is 1. The van der Waals surface area contributed by atoms with Crippen LogP contribution in [0.3, 0.4) is 0 Å². The smallest absolute Gasteiger partial charge is 0.277 e. The zero-order chi connectivity index (χ0) is 20.8. The number of nitrogens with zero attached hydrogens (tertiary/aromatic N) is 3. The molecular weight excluding hydrogens is 466 g/mol. The van der Waals surface area contributed by atoms with E-state index in [4.69, 9.17) is 8.83 Å². The normalized spacial score (nSPS) is 10.8. The van der Waals surface area contributed by atoms with Crippen molar-refractivity contribution in [2.75, 3.05) is 5.75 Å². The Morgan fingerprint density at radius 3 is 2.53 bits per heavy atom. The summed E-state index contributed by atoms with van der Waals surface area (Å²) in [6, 6.07) is 21.2. The molecule has 0 aliphatic carbocycles. The predicted octanol–water partition coefficient (Wildman–Crippen LogP) is 5.41. The molecule has 0 aliphatic rings. The Balaban J connectivity index is 1.43. The van der Waals surface area contributed by atoms with E-state index in [0.717, 1.165) is 21.4 Å². The van der Waals surface area contributed by atoms with E-state index in [0.29, 0.717) is 24.2 Å². The fourth-order valence-electron chi connectivity index (χ4n) is 2.85. The molecule has 0 bridgehead atoms. The Bertz CT molecular complexity index is 1100. The Kier molecular flexibility index (Phi) is 6.66. The Labute approximate surface area is 186 Å². The monoisotopic (exact) mass is 483 g/mol. The van der Waals surface area contributed by atoms with Gasteiger partial charge in [0.15, 0.2) is 0 Å². The number of hydrogen-bond acceptors (Lipinski definition) is 6. The third-order valence-corrected chi connectivity index (χ3v) is 5.82. The van der Waals surface area contributed by atoms with Crippen LogP contribution in [0, 0.1) is 0 Å². The number of carbonyl (C=O) groups excluding carboxylic acids is 1. The lowest BCUT2D eigenvalue weighted by Crippen LogP contribution is -2.31. The highest BCUT2D eigenvalue weighted by molar-refractivity contribution is 9.10. The van der Waals surface area contributed by atoms with Crippen molar-refractivity contribution in [2.24, 2.45) is 0 Å². The van der Waals surface area contributed by atoms with Gasteiger partial charge >= 0.3 is 0 Å². The number of halogens is 1. The van der Waals surface area contributed by atoms with Crippen molar-refractivity contribution in [1.82, 2.24) is 15.1 Å². The van der Waals surface area contributed by atoms with Crippen LogP contribution in [0.5, 0.6) is 0 Å². The Hall–Kier alpha value is -2.84. The van der Waals surface area contributed by atoms with Gasteiger partial charge in [-0.15, -0.1) is 10.2 Å². The van der Waals surface area contributed by atoms with Gasteiger partial charge in [0.1, 0.15) is 5.76 Å². The molecule has 0 atom stereocenters. The second-order valence-corrected chi connectivity index (χ2v) is 8.24. The standard InChI is InChI=1S/C22H18BrN3O3S/c23-19-11-5-4-10-18(19)21-24-25-22(29-21)30-15-20(27)26(14-17-9-6-12-28-17)13-16-7-2-1-3-8-16/h1-12H,13-15H2. The number of hydrogen-bond donors (Lipinski definition) is 0. The van der Waals surface area contributed by atoms with E-state index < -0.39 is 0 Å². The van der Waals surface area contributed by atoms with Crippen LogP contribution in [-0.2, 0) is 17.9 Å². The molecular formula is C22H18BrN3O3S. The molecule has 2 aromatic carbocycles. The highest BCUT2D eigenvalue weighted by Gasteiger charge is 2.18. The topological polar surface area (TPSA) is 72.4 Å². The van der Waals surface area contributed by atoms with Crippen molar-refractivity contribution in [3.63, 3.8) is 0 Å². The molecule has 2 aromatic heterocycles. The highest BCUT2D eigenvalue weighted by Crippen LogP contribution is 2.29. The molecule has 4 aromatic rings. The summed E-state index contributed by atoms with van der Waals surface area (Å²) in [6.07, 6.45) is 1.61. The van der Waals surface area contributed by atoms with Gasteiger partial charge in [-0.1, -0.05) is 54.2 Å². The van der Waals surface area contributed by atoms with E-state index in [1.54, 1.807) is 11.2 Å². The van der Waals surface area contributed by atoms with Gasteiger partial charge in [-0.25, -0.2) is 0 Å². The van der Waals surface area contributed by atoms with Crippen LogP contribution in [0.1, 0.15) is 11.3 Å². The molecule has 2 heterocycles. The first-order valence-corrected chi connectivity index (χ1v) is 11.0. The molecule has 0 spiro atoms. The number of furan rings is 1. The van der Waals surface area contributed by atoms with Crippen LogP contribution in [-0.4, -0.2) is 26.8 Å². The van der Waals surface area contributed by atoms with Gasteiger partial charge in [0.2, 0.25) is 11.8 Å². The third-order valence-electron chi connectivity index (χ3n) is 4.33. The van der Waals surface area contributed by atoms with Crippen molar-refractivity contribution in [1.29, 1.82) is 0 Å². The largest absolute Gasteiger partial charge is 0.467 e. The van der Waals surface area contributed by atoms with Crippen LogP contribution in [0.2, 0.25) is 0 Å². The van der Waals surface area contributed by atoms with Gasteiger partial charge in [0, 0.05) is 11.0 Å². The number of rotatable bonds is 8. The molecule has 6 nitrogen and oxygen atoms in total. The van der Waals surface area contributed by atoms with Crippen LogP contribution in [0.25, 0.3) is 11.5 Å². The van der Waals surface area contributed by atoms with Crippen molar-refractivity contribution in [3.05, 3.63) is 88.8 Å². The molecule has 1 amide bonds. The molecule has 0 unspecified atom stereocenters. The maximum absolute atomic E-state index is 12.9. The first-order chi connectivity index (χ1) is 14.7. The van der Waals surface area contributed by atoms with Crippen LogP contribution < -0.4 is 0 Å². The van der Waals surface area contributed by atoms with Gasteiger partial charge in [-0.2, -0.15) is 0 Å². The zero-order valence-corrected chi connectivity index (χ0v) is 18.3. The van der Waals surface area contributed by atoms with Crippen molar-refractivity contribution >= 4 is 33.6 Å². The molecule has 152 valence electrons. The van der Waals surface area contributed by atoms with Crippen molar-refractivity contribution in [3.8, 4) is 11.5 Å². The van der Waals surface area contributed by atoms with Gasteiger partial charge in [0.25, 0.3) is 5.22 Å². The summed E-state index contributed by atoms with van der Waals surface area (Å²) in [4.78, 5) is 14.7. The number of amides is 1. The van der Waals surface area contributed by atoms with Crippen LogP contribution in [0.4, 0.5) is 0 Å². The van der Waals surface area contributed by atoms with Crippen molar-refractivity contribution < 1.29 is 13.6 Å². The lowest BCUT2D eigenvalue weighted by Gasteiger charge is -2.21. The van der Waals surface area contributed by atoms with E-state index in [1.165, 1.54) is 11.8 Å². The average molecular weight is 484 g/mol. The minimum Gasteiger partial charge on any atom is -0.467 e. The molecule has 0 aliphatic heterocycles. The minimum absolute atomic E-state index is 0.0408. The fraction of sp³-hybridized carbons (Fsp3) is 0.136. The first kappa shape index (κ1) is 20.4. The quantitative estimate of drug-likeness (QED) is 0.312. The summed E-state index contributed by atoms with van der Waals surface area (Å²) < 4.78 is 12.0. The third kappa shape index (κ3) is 5.20. The van der Waals surface area contributed by atoms with Gasteiger partial charge < -0.3 is 13.7 Å². The predicted molar refractivity (Wildman–Crippen MR) is 118 cm³/mol. The zero-order valence-electron chi connectivity index (χ0n) is 15.9. The lowest BCUT2D eigenvalue weighted by atomic mass is 10.2. The second-order valence-electron chi connectivity index (χ2n) is 6.46. The molecule has 0 saturated carbocycles. The van der Waals surface area contributed by atoms with Crippen molar-refractivity contribution in [2.45, 2.75) is 18.3 Å². The van der Waals surface area contributed by atoms with E-state index in [2.05, 4.69) is 26.1 Å². The molecule has 30 heavy (non-hydrogen) atoms. The maximum Gasteiger partial charge on any atom is 0.277 e. The summed E-state index contributed by atoms with van der Waals surface area (Å²) in [7, 11) is 0. The lowest BCUT2D eigenvalue weighted by molar-refractivity contribution is -0.129. The van der Waals surface area contributed by atoms with Crippen LogP contribution in [0.15, 0.2) is 91.5 Å². The van der Waals surface area contributed by atoms with E-state index in [9.17, 15) is 4.79 Å². The molecule has 0 N–H and O–H groups in total. The molecule has 0 fully saturated rings. The number of carbonyl (C=O) groups is 1. The Morgan fingerprint density at radius 2 is 1.77 bits per heavy atom. The Morgan fingerprint density at radius 1 is 0.967 bits per heavy atom. The molecule has 0 saturated heterocycles. The summed E-state index contributed by atoms with van der Waals surface area (Å²) >= 11 is 4.70. The number of aromatic nitrogens is 2. The summed E-state index contributed by atoms with van der Waals surface area (Å²) in [6.45, 7) is 0.889. The summed E-state index contributed by atoms with van der Waals surface area (Å²) in [5.74, 6) is 1.29. The second kappa shape index (κ2) is 9.77. The maximum atomic E-state index is 12.9. The first-order valence-electron chi connectivity index (χ1n) is 9.24. The summed E-state index contributed by atoms with van der Waals surface area (Å²) in [5.41, 5.74) is 1.86. The van der Waals surface area contributed by atoms with Gasteiger partial charge in [-0.05, 0) is 45.8 Å². The molecule has 8 heteroatoms. The average Bonchev–Trinajstić information content (AvgIpc) is 3.45. The van der Waals surface area contributed by atoms with Gasteiger partial charge in [-0.3, -0.25) is 4.79 Å². The summed E-state index contributed by atoms with van der Waals surface area (Å²) in [5, 5.41) is 8.51. The fourth-order valence-corrected chi connectivity index (χ4v) is 3.97. The van der Waals surface area contributed by atoms with E-state index in [-0.39, 0.29) is 11.7 Å². The highest BCUT2D eigenvalue weighted by atomic mass is 79.9. The minimum atomic E-state index is -0.0408. The molecule has 4 rings (SSSR count).